The molecule has 144 valence electrons. The fourth-order valence-electron chi connectivity index (χ4n) is 3.39. The van der Waals surface area contributed by atoms with Gasteiger partial charge in [-0.25, -0.2) is 22.2 Å². The maximum Gasteiger partial charge on any atom is 0.326 e. The molecule has 3 rings (SSSR count). The van der Waals surface area contributed by atoms with Crippen molar-refractivity contribution in [2.24, 2.45) is 5.92 Å². The second kappa shape index (κ2) is 6.95. The Kier molecular flexibility index (Phi) is 5.02. The summed E-state index contributed by atoms with van der Waals surface area (Å²) in [7, 11) is -4.26. The fraction of sp³-hybridized carbons (Fsp3) is 0.533. The van der Waals surface area contributed by atoms with E-state index < -0.39 is 46.3 Å². The second-order valence-electron chi connectivity index (χ2n) is 6.45. The summed E-state index contributed by atoms with van der Waals surface area (Å²) in [4.78, 5) is 12.9. The largest absolute Gasteiger partial charge is 0.506 e. The number of aromatic hydroxyl groups is 1. The molecule has 2 N–H and O–H groups in total. The molecule has 0 aromatic heterocycles. The van der Waals surface area contributed by atoms with Crippen molar-refractivity contribution in [3.63, 3.8) is 0 Å². The molecular weight excluding hydrogens is 375 g/mol. The van der Waals surface area contributed by atoms with Gasteiger partial charge in [0.1, 0.15) is 18.0 Å². The quantitative estimate of drug-likeness (QED) is 0.774. The molecule has 26 heavy (non-hydrogen) atoms. The summed E-state index contributed by atoms with van der Waals surface area (Å²) in [6.07, 6.45) is -1.60. The summed E-state index contributed by atoms with van der Waals surface area (Å²) in [5, 5.41) is 9.92. The van der Waals surface area contributed by atoms with Gasteiger partial charge >= 0.3 is 10.2 Å². The van der Waals surface area contributed by atoms with E-state index in [0.717, 1.165) is 6.07 Å². The number of anilines is 1. The van der Waals surface area contributed by atoms with E-state index in [2.05, 4.69) is 0 Å². The molecule has 2 aliphatic heterocycles. The normalized spacial score (nSPS) is 23.0. The van der Waals surface area contributed by atoms with E-state index in [1.54, 1.807) is 9.62 Å². The average molecular weight is 393 g/mol. The monoisotopic (exact) mass is 393 g/mol. The van der Waals surface area contributed by atoms with E-state index in [9.17, 15) is 31.5 Å². The maximum atomic E-state index is 14.9. The molecule has 0 saturated carbocycles. The van der Waals surface area contributed by atoms with Crippen molar-refractivity contribution in [1.82, 2.24) is 9.62 Å². The number of rotatable bonds is 5. The van der Waals surface area contributed by atoms with Crippen molar-refractivity contribution in [3.05, 3.63) is 23.5 Å². The summed E-state index contributed by atoms with van der Waals surface area (Å²) in [6.45, 7) is -0.0794. The number of phenolic OH excluding ortho intramolecular Hbond substituents is 1. The number of alkyl halides is 2. The Labute approximate surface area is 148 Å². The molecule has 7 nitrogen and oxygen atoms in total. The molecule has 2 saturated heterocycles. The van der Waals surface area contributed by atoms with Crippen LogP contribution < -0.4 is 9.03 Å². The number of carbonyl (C=O) groups is 1. The highest BCUT2D eigenvalue weighted by Crippen LogP contribution is 2.36. The van der Waals surface area contributed by atoms with Crippen molar-refractivity contribution in [2.45, 2.75) is 19.3 Å². The molecule has 2 aliphatic rings. The highest BCUT2D eigenvalue weighted by molar-refractivity contribution is 7.92. The Hall–Kier alpha value is -2.01. The van der Waals surface area contributed by atoms with Gasteiger partial charge in [0.2, 0.25) is 0 Å². The van der Waals surface area contributed by atoms with Crippen LogP contribution in [0.2, 0.25) is 0 Å². The van der Waals surface area contributed by atoms with Crippen LogP contribution in [0.25, 0.3) is 0 Å². The van der Waals surface area contributed by atoms with Crippen LogP contribution in [0.3, 0.4) is 0 Å². The Morgan fingerprint density at radius 1 is 1.35 bits per heavy atom. The van der Waals surface area contributed by atoms with Crippen LogP contribution in [0.5, 0.6) is 5.75 Å². The molecule has 0 spiro atoms. The molecule has 0 radical (unpaired) electrons. The number of halogens is 3. The number of amides is 1. The van der Waals surface area contributed by atoms with E-state index in [4.69, 9.17) is 0 Å². The number of nitrogens with zero attached hydrogens (tertiary/aromatic N) is 2. The molecule has 2 heterocycles. The number of nitrogens with one attached hydrogen (secondary N) is 1. The van der Waals surface area contributed by atoms with E-state index in [1.165, 1.54) is 6.07 Å². The van der Waals surface area contributed by atoms with Crippen LogP contribution in [0, 0.1) is 11.7 Å². The third-order valence-corrected chi connectivity index (χ3v) is 5.90. The van der Waals surface area contributed by atoms with Crippen molar-refractivity contribution in [1.29, 1.82) is 0 Å². The van der Waals surface area contributed by atoms with Gasteiger partial charge in [-0.1, -0.05) is 6.07 Å². The molecule has 11 heteroatoms. The Morgan fingerprint density at radius 2 is 2.08 bits per heavy atom. The van der Waals surface area contributed by atoms with Gasteiger partial charge < -0.3 is 5.11 Å². The molecule has 0 aliphatic carbocycles. The first-order valence-electron chi connectivity index (χ1n) is 8.01. The van der Waals surface area contributed by atoms with Gasteiger partial charge in [0.05, 0.1) is 6.54 Å². The van der Waals surface area contributed by atoms with Crippen LogP contribution in [-0.2, 0) is 21.4 Å². The van der Waals surface area contributed by atoms with Crippen LogP contribution in [-0.4, -0.2) is 56.9 Å². The second-order valence-corrected chi connectivity index (χ2v) is 8.05. The Morgan fingerprint density at radius 3 is 2.69 bits per heavy atom. The van der Waals surface area contributed by atoms with E-state index >= 15 is 0 Å². The molecule has 1 unspecified atom stereocenters. The van der Waals surface area contributed by atoms with Crippen molar-refractivity contribution in [3.8, 4) is 5.75 Å². The summed E-state index contributed by atoms with van der Waals surface area (Å²) in [5.74, 6) is -2.42. The van der Waals surface area contributed by atoms with Crippen LogP contribution >= 0.6 is 0 Å². The highest BCUT2D eigenvalue weighted by Gasteiger charge is 2.38. The fourth-order valence-corrected chi connectivity index (χ4v) is 4.55. The van der Waals surface area contributed by atoms with Crippen molar-refractivity contribution >= 4 is 21.8 Å². The Bertz CT molecular complexity index is 819. The molecule has 1 aromatic rings. The number of likely N-dealkylation sites (tertiary alicyclic amines) is 1. The van der Waals surface area contributed by atoms with Crippen molar-refractivity contribution in [2.75, 3.05) is 30.5 Å². The number of hydrogen-bond donors (Lipinski definition) is 2. The van der Waals surface area contributed by atoms with E-state index in [-0.39, 0.29) is 24.4 Å². The number of phenols is 1. The van der Waals surface area contributed by atoms with Crippen LogP contribution in [0.4, 0.5) is 18.9 Å². The third kappa shape index (κ3) is 3.73. The molecule has 1 aromatic carbocycles. The predicted octanol–water partition coefficient (Wildman–Crippen LogP) is 0.842. The van der Waals surface area contributed by atoms with Gasteiger partial charge in [0.15, 0.2) is 5.82 Å². The third-order valence-electron chi connectivity index (χ3n) is 4.52. The summed E-state index contributed by atoms with van der Waals surface area (Å²) >= 11 is 0. The minimum absolute atomic E-state index is 0.0596. The zero-order chi connectivity index (χ0) is 19.1. The zero-order valence-electron chi connectivity index (χ0n) is 13.7. The van der Waals surface area contributed by atoms with E-state index in [0.29, 0.717) is 23.8 Å². The van der Waals surface area contributed by atoms with Gasteiger partial charge in [0.25, 0.3) is 12.3 Å². The lowest BCUT2D eigenvalue weighted by Gasteiger charge is -2.20. The highest BCUT2D eigenvalue weighted by atomic mass is 32.2. The average Bonchev–Trinajstić information content (AvgIpc) is 3.05. The molecular formula is C15H18F3N3O4S. The molecule has 2 fully saturated rings. The lowest BCUT2D eigenvalue weighted by Crippen LogP contribution is -2.30. The van der Waals surface area contributed by atoms with Gasteiger partial charge in [-0.3, -0.25) is 9.69 Å². The maximum absolute atomic E-state index is 14.9. The van der Waals surface area contributed by atoms with Crippen LogP contribution in [0.15, 0.2) is 12.1 Å². The lowest BCUT2D eigenvalue weighted by molar-refractivity contribution is -0.117. The van der Waals surface area contributed by atoms with Crippen LogP contribution in [0.1, 0.15) is 12.0 Å². The topological polar surface area (TPSA) is 90.0 Å². The summed E-state index contributed by atoms with van der Waals surface area (Å²) < 4.78 is 65.8. The molecule has 0 bridgehead atoms. The first-order chi connectivity index (χ1) is 12.2. The SMILES string of the molecule is O=C1CN(c2c(O)ccc(CC3CCN(CC(F)F)C3)c2F)S(=O)(=O)N1. The number of carbonyl (C=O) groups excluding carboxylic acids is 1. The Balaban J connectivity index is 1.82. The van der Waals surface area contributed by atoms with E-state index in [1.807, 2.05) is 0 Å². The minimum Gasteiger partial charge on any atom is -0.506 e. The summed E-state index contributed by atoms with van der Waals surface area (Å²) in [6, 6.07) is 2.50. The van der Waals surface area contributed by atoms with Gasteiger partial charge in [-0.15, -0.1) is 0 Å². The first kappa shape index (κ1) is 18.8. The number of hydrogen-bond acceptors (Lipinski definition) is 5. The first-order valence-corrected chi connectivity index (χ1v) is 9.45. The molecule has 1 amide bonds. The molecule has 1 atom stereocenters. The minimum atomic E-state index is -4.26. The standard InChI is InChI=1S/C15H18F3N3O4S/c16-12(17)7-20-4-3-9(6-20)5-10-1-2-11(22)15(14(10)18)21-8-13(23)19-26(21,24)25/h1-2,9,12,22H,3-8H2,(H,19,23). The van der Waals surface area contributed by atoms with Gasteiger partial charge in [-0.05, 0) is 36.9 Å². The number of benzene rings is 1. The van der Waals surface area contributed by atoms with Crippen molar-refractivity contribution < 1.29 is 31.5 Å². The lowest BCUT2D eigenvalue weighted by atomic mass is 9.97. The predicted molar refractivity (Wildman–Crippen MR) is 86.7 cm³/mol. The smallest absolute Gasteiger partial charge is 0.326 e. The summed E-state index contributed by atoms with van der Waals surface area (Å²) in [5.41, 5.74) is -0.417. The van der Waals surface area contributed by atoms with Gasteiger partial charge in [-0.2, -0.15) is 8.42 Å². The zero-order valence-corrected chi connectivity index (χ0v) is 14.5. The van der Waals surface area contributed by atoms with Gasteiger partial charge in [0, 0.05) is 6.54 Å².